The quantitative estimate of drug-likeness (QED) is 0.399. The monoisotopic (exact) mass is 492 g/mol. The van der Waals surface area contributed by atoms with Gasteiger partial charge in [0.2, 0.25) is 5.95 Å². The summed E-state index contributed by atoms with van der Waals surface area (Å²) in [5, 5.41) is 20.3. The highest BCUT2D eigenvalue weighted by atomic mass is 16.5. The first-order valence-electron chi connectivity index (χ1n) is 11.6. The van der Waals surface area contributed by atoms with Crippen LogP contribution in [-0.4, -0.2) is 34.9 Å². The fourth-order valence-corrected chi connectivity index (χ4v) is 4.29. The average Bonchev–Trinajstić information content (AvgIpc) is 3.36. The molecule has 2 heterocycles. The van der Waals surface area contributed by atoms with Crippen molar-refractivity contribution >= 4 is 17.5 Å². The van der Waals surface area contributed by atoms with Gasteiger partial charge in [-0.2, -0.15) is 10.2 Å². The number of carbonyl (C=O) groups excluding carboxylic acids is 1. The number of nitrogens with one attached hydrogen (secondary N) is 2. The molecule has 2 N–H and O–H groups in total. The first kappa shape index (κ1) is 23.6. The molecule has 0 fully saturated rings. The van der Waals surface area contributed by atoms with Crippen LogP contribution in [0.3, 0.4) is 0 Å². The Balaban J connectivity index is 1.59. The zero-order valence-corrected chi connectivity index (χ0v) is 20.5. The van der Waals surface area contributed by atoms with E-state index in [0.717, 1.165) is 16.9 Å². The number of carbonyl (C=O) groups is 1. The second-order valence-electron chi connectivity index (χ2n) is 8.39. The van der Waals surface area contributed by atoms with Crippen LogP contribution in [0.4, 0.5) is 11.6 Å². The predicted octanol–water partition coefficient (Wildman–Crippen LogP) is 4.76. The maximum atomic E-state index is 13.7. The number of nitrogens with zero attached hydrogens (tertiary/aromatic N) is 4. The summed E-state index contributed by atoms with van der Waals surface area (Å²) in [4.78, 5) is 18.4. The molecule has 0 bridgehead atoms. The van der Waals surface area contributed by atoms with Gasteiger partial charge in [0.05, 0.1) is 37.1 Å². The number of allylic oxidation sites excluding steroid dienone is 1. The van der Waals surface area contributed by atoms with Gasteiger partial charge in [-0.3, -0.25) is 4.79 Å². The van der Waals surface area contributed by atoms with E-state index in [4.69, 9.17) is 19.6 Å². The minimum absolute atomic E-state index is 0.309. The number of methoxy groups -OCH3 is 2. The fourth-order valence-electron chi connectivity index (χ4n) is 4.29. The smallest absolute Gasteiger partial charge is 0.255 e. The molecule has 0 spiro atoms. The Kier molecular flexibility index (Phi) is 6.31. The second kappa shape index (κ2) is 9.87. The van der Waals surface area contributed by atoms with E-state index < -0.39 is 6.04 Å². The SMILES string of the molecule is COc1ccc(-c2nc3n(n2)C(c2ccc(C#N)cc2)C(C(=O)Nc2ccccc2OC)=C(C)N3)cc1. The van der Waals surface area contributed by atoms with Crippen LogP contribution in [0, 0.1) is 11.3 Å². The van der Waals surface area contributed by atoms with Crippen LogP contribution < -0.4 is 20.1 Å². The van der Waals surface area contributed by atoms with Crippen molar-refractivity contribution in [2.75, 3.05) is 24.9 Å². The number of ether oxygens (including phenoxy) is 2. The Bertz CT molecular complexity index is 1530. The van der Waals surface area contributed by atoms with Crippen molar-refractivity contribution in [1.29, 1.82) is 5.26 Å². The third-order valence-corrected chi connectivity index (χ3v) is 6.16. The standard InChI is InChI=1S/C28H24N6O3/c1-17-24(27(35)31-22-6-4-5-7-23(22)37-3)25(19-10-8-18(16-29)9-11-19)34-28(30-17)32-26(33-34)20-12-14-21(36-2)15-13-20/h4-15,25H,1-3H3,(H,31,35)(H,30,32,33). The molecule has 0 radical (unpaired) electrons. The van der Waals surface area contributed by atoms with E-state index in [1.54, 1.807) is 43.2 Å². The minimum atomic E-state index is -0.585. The molecule has 1 unspecified atom stereocenters. The van der Waals surface area contributed by atoms with Gasteiger partial charge in [0.1, 0.15) is 17.5 Å². The first-order chi connectivity index (χ1) is 18.0. The largest absolute Gasteiger partial charge is 0.497 e. The highest BCUT2D eigenvalue weighted by molar-refractivity contribution is 6.06. The van der Waals surface area contributed by atoms with Crippen LogP contribution in [0.1, 0.15) is 24.1 Å². The van der Waals surface area contributed by atoms with E-state index in [1.807, 2.05) is 55.5 Å². The number of fused-ring (bicyclic) bond motifs is 1. The molecule has 9 nitrogen and oxygen atoms in total. The number of hydrogen-bond donors (Lipinski definition) is 2. The molecule has 0 saturated heterocycles. The maximum Gasteiger partial charge on any atom is 0.255 e. The normalized spacial score (nSPS) is 14.3. The topological polar surface area (TPSA) is 114 Å². The third-order valence-electron chi connectivity index (χ3n) is 6.16. The number of benzene rings is 3. The fraction of sp³-hybridized carbons (Fsp3) is 0.143. The van der Waals surface area contributed by atoms with Crippen LogP contribution in [0.2, 0.25) is 0 Å². The molecule has 1 amide bonds. The summed E-state index contributed by atoms with van der Waals surface area (Å²) in [7, 11) is 3.17. The van der Waals surface area contributed by atoms with Crippen molar-refractivity contribution in [2.45, 2.75) is 13.0 Å². The van der Waals surface area contributed by atoms with Gasteiger partial charge in [0.15, 0.2) is 5.82 Å². The lowest BCUT2D eigenvalue weighted by molar-refractivity contribution is -0.113. The van der Waals surface area contributed by atoms with E-state index in [2.05, 4.69) is 16.7 Å². The van der Waals surface area contributed by atoms with Crippen molar-refractivity contribution in [3.05, 3.63) is 95.2 Å². The Labute approximate surface area is 214 Å². The highest BCUT2D eigenvalue weighted by Crippen LogP contribution is 2.37. The molecule has 3 aromatic carbocycles. The molecule has 0 aliphatic carbocycles. The molecular weight excluding hydrogens is 468 g/mol. The van der Waals surface area contributed by atoms with Crippen LogP contribution in [0.15, 0.2) is 84.1 Å². The molecule has 1 aliphatic rings. The van der Waals surface area contributed by atoms with Crippen molar-refractivity contribution in [1.82, 2.24) is 14.8 Å². The molecular formula is C28H24N6O3. The van der Waals surface area contributed by atoms with Crippen molar-refractivity contribution in [3.63, 3.8) is 0 Å². The zero-order chi connectivity index (χ0) is 25.9. The molecule has 1 aromatic heterocycles. The van der Waals surface area contributed by atoms with Gasteiger partial charge in [-0.05, 0) is 61.0 Å². The van der Waals surface area contributed by atoms with Crippen molar-refractivity contribution < 1.29 is 14.3 Å². The molecule has 1 aliphatic heterocycles. The van der Waals surface area contributed by atoms with Gasteiger partial charge < -0.3 is 20.1 Å². The van der Waals surface area contributed by atoms with Crippen molar-refractivity contribution in [3.8, 4) is 29.0 Å². The van der Waals surface area contributed by atoms with Crippen LogP contribution >= 0.6 is 0 Å². The summed E-state index contributed by atoms with van der Waals surface area (Å²) >= 11 is 0. The van der Waals surface area contributed by atoms with Gasteiger partial charge in [-0.25, -0.2) is 4.68 Å². The summed E-state index contributed by atoms with van der Waals surface area (Å²) in [6, 6.07) is 23.3. The Morgan fingerprint density at radius 2 is 1.76 bits per heavy atom. The van der Waals surface area contributed by atoms with Crippen molar-refractivity contribution in [2.24, 2.45) is 0 Å². The van der Waals surface area contributed by atoms with Crippen LogP contribution in [0.5, 0.6) is 11.5 Å². The first-order valence-corrected chi connectivity index (χ1v) is 11.6. The van der Waals surface area contributed by atoms with Gasteiger partial charge in [0, 0.05) is 11.3 Å². The van der Waals surface area contributed by atoms with E-state index in [0.29, 0.717) is 40.0 Å². The predicted molar refractivity (Wildman–Crippen MR) is 139 cm³/mol. The molecule has 4 aromatic rings. The summed E-state index contributed by atoms with van der Waals surface area (Å²) < 4.78 is 12.4. The lowest BCUT2D eigenvalue weighted by Crippen LogP contribution is -2.31. The lowest BCUT2D eigenvalue weighted by Gasteiger charge is -2.28. The lowest BCUT2D eigenvalue weighted by atomic mass is 9.94. The number of nitriles is 1. The molecule has 1 atom stereocenters. The highest BCUT2D eigenvalue weighted by Gasteiger charge is 2.34. The van der Waals surface area contributed by atoms with Gasteiger partial charge >= 0.3 is 0 Å². The molecule has 5 rings (SSSR count). The summed E-state index contributed by atoms with van der Waals surface area (Å²) in [6.07, 6.45) is 0. The Morgan fingerprint density at radius 3 is 2.43 bits per heavy atom. The maximum absolute atomic E-state index is 13.7. The summed E-state index contributed by atoms with van der Waals surface area (Å²) in [5.41, 5.74) is 3.78. The van der Waals surface area contributed by atoms with Crippen LogP contribution in [0.25, 0.3) is 11.4 Å². The van der Waals surface area contributed by atoms with Gasteiger partial charge in [-0.1, -0.05) is 24.3 Å². The summed E-state index contributed by atoms with van der Waals surface area (Å²) in [6.45, 7) is 1.83. The number of rotatable bonds is 6. The van der Waals surface area contributed by atoms with Gasteiger partial charge in [0.25, 0.3) is 5.91 Å². The molecule has 37 heavy (non-hydrogen) atoms. The molecule has 184 valence electrons. The van der Waals surface area contributed by atoms with Crippen LogP contribution in [-0.2, 0) is 4.79 Å². The number of para-hydroxylation sites is 2. The summed E-state index contributed by atoms with van der Waals surface area (Å²) in [5.74, 6) is 1.98. The van der Waals surface area contributed by atoms with E-state index in [9.17, 15) is 10.1 Å². The number of amides is 1. The average molecular weight is 493 g/mol. The molecule has 9 heteroatoms. The van der Waals surface area contributed by atoms with E-state index in [-0.39, 0.29) is 5.91 Å². The number of anilines is 2. The third kappa shape index (κ3) is 4.48. The van der Waals surface area contributed by atoms with E-state index in [1.165, 1.54) is 0 Å². The molecule has 0 saturated carbocycles. The minimum Gasteiger partial charge on any atom is -0.497 e. The Hall–Kier alpha value is -5.10. The second-order valence-corrected chi connectivity index (χ2v) is 8.39. The number of hydrogen-bond acceptors (Lipinski definition) is 7. The number of aromatic nitrogens is 3. The zero-order valence-electron chi connectivity index (χ0n) is 20.5. The van der Waals surface area contributed by atoms with Gasteiger partial charge in [-0.15, -0.1) is 5.10 Å². The Morgan fingerprint density at radius 1 is 1.03 bits per heavy atom. The van der Waals surface area contributed by atoms with E-state index >= 15 is 0 Å².